The van der Waals surface area contributed by atoms with E-state index >= 15 is 0 Å². The van der Waals surface area contributed by atoms with Crippen molar-refractivity contribution in [1.82, 2.24) is 5.32 Å². The molecule has 0 radical (unpaired) electrons. The van der Waals surface area contributed by atoms with E-state index in [1.165, 1.54) is 12.8 Å². The molecule has 0 saturated heterocycles. The molecular formula is C16H23Cl2NO. The Morgan fingerprint density at radius 2 is 1.90 bits per heavy atom. The number of benzene rings is 1. The summed E-state index contributed by atoms with van der Waals surface area (Å²) in [5, 5.41) is 4.79. The summed E-state index contributed by atoms with van der Waals surface area (Å²) in [6.07, 6.45) is 4.64. The Hall–Kier alpha value is -0.280. The SMILES string of the molecule is CCNC(c1ccc(Cl)c(Cl)c1)C1(OCC)CCCC1. The van der Waals surface area contributed by atoms with Crippen LogP contribution >= 0.6 is 23.2 Å². The molecule has 0 heterocycles. The quantitative estimate of drug-likeness (QED) is 0.798. The standard InChI is InChI=1S/C16H23Cl2NO/c1-3-19-15(12-7-8-13(17)14(18)11-12)16(20-4-2)9-5-6-10-16/h7-8,11,15,19H,3-6,9-10H2,1-2H3. The smallest absolute Gasteiger partial charge is 0.0876 e. The van der Waals surface area contributed by atoms with Gasteiger partial charge in [0.15, 0.2) is 0 Å². The number of rotatable bonds is 6. The maximum absolute atomic E-state index is 6.19. The summed E-state index contributed by atoms with van der Waals surface area (Å²) in [5.74, 6) is 0. The van der Waals surface area contributed by atoms with Crippen molar-refractivity contribution < 1.29 is 4.74 Å². The van der Waals surface area contributed by atoms with Gasteiger partial charge in [-0.3, -0.25) is 0 Å². The molecule has 0 amide bonds. The average Bonchev–Trinajstić information content (AvgIpc) is 2.89. The Morgan fingerprint density at radius 3 is 2.45 bits per heavy atom. The number of hydrogen-bond donors (Lipinski definition) is 1. The van der Waals surface area contributed by atoms with E-state index in [1.54, 1.807) is 0 Å². The van der Waals surface area contributed by atoms with Gasteiger partial charge in [0, 0.05) is 6.61 Å². The Balaban J connectivity index is 2.35. The molecule has 0 spiro atoms. The largest absolute Gasteiger partial charge is 0.373 e. The fraction of sp³-hybridized carbons (Fsp3) is 0.625. The van der Waals surface area contributed by atoms with Crippen LogP contribution in [0.4, 0.5) is 0 Å². The third-order valence-corrected chi connectivity index (χ3v) is 4.83. The number of hydrogen-bond acceptors (Lipinski definition) is 2. The first-order chi connectivity index (χ1) is 9.63. The summed E-state index contributed by atoms with van der Waals surface area (Å²) < 4.78 is 6.19. The highest BCUT2D eigenvalue weighted by atomic mass is 35.5. The zero-order valence-corrected chi connectivity index (χ0v) is 13.7. The van der Waals surface area contributed by atoms with Gasteiger partial charge in [0.2, 0.25) is 0 Å². The maximum atomic E-state index is 6.19. The minimum Gasteiger partial charge on any atom is -0.373 e. The van der Waals surface area contributed by atoms with Crippen LogP contribution in [0.1, 0.15) is 51.1 Å². The minimum absolute atomic E-state index is 0.109. The molecule has 112 valence electrons. The molecule has 1 fully saturated rings. The summed E-state index contributed by atoms with van der Waals surface area (Å²) in [6, 6.07) is 6.07. The normalized spacial score (nSPS) is 19.2. The van der Waals surface area contributed by atoms with Gasteiger partial charge in [-0.2, -0.15) is 0 Å². The first-order valence-corrected chi connectivity index (χ1v) is 8.21. The van der Waals surface area contributed by atoms with Crippen LogP contribution < -0.4 is 5.32 Å². The Bertz CT molecular complexity index is 444. The van der Waals surface area contributed by atoms with Gasteiger partial charge >= 0.3 is 0 Å². The molecule has 2 nitrogen and oxygen atoms in total. The summed E-state index contributed by atoms with van der Waals surface area (Å²) in [4.78, 5) is 0. The van der Waals surface area contributed by atoms with Crippen molar-refractivity contribution in [2.45, 2.75) is 51.2 Å². The lowest BCUT2D eigenvalue weighted by atomic mass is 9.86. The van der Waals surface area contributed by atoms with E-state index < -0.39 is 0 Å². The predicted octanol–water partition coefficient (Wildman–Crippen LogP) is 4.99. The van der Waals surface area contributed by atoms with Crippen LogP contribution in [0.3, 0.4) is 0 Å². The highest BCUT2D eigenvalue weighted by molar-refractivity contribution is 6.42. The summed E-state index contributed by atoms with van der Waals surface area (Å²) >= 11 is 12.2. The van der Waals surface area contributed by atoms with Crippen molar-refractivity contribution in [2.75, 3.05) is 13.2 Å². The third-order valence-electron chi connectivity index (χ3n) is 4.09. The van der Waals surface area contributed by atoms with Crippen molar-refractivity contribution >= 4 is 23.2 Å². The second-order valence-electron chi connectivity index (χ2n) is 5.37. The highest BCUT2D eigenvalue weighted by Crippen LogP contribution is 2.43. The number of halogens is 2. The van der Waals surface area contributed by atoms with Crippen molar-refractivity contribution in [3.63, 3.8) is 0 Å². The monoisotopic (exact) mass is 315 g/mol. The lowest BCUT2D eigenvalue weighted by Gasteiger charge is -2.38. The van der Waals surface area contributed by atoms with Gasteiger partial charge in [0.25, 0.3) is 0 Å². The van der Waals surface area contributed by atoms with Gasteiger partial charge in [0.1, 0.15) is 0 Å². The van der Waals surface area contributed by atoms with Crippen LogP contribution in [-0.4, -0.2) is 18.8 Å². The van der Waals surface area contributed by atoms with Crippen LogP contribution in [0.25, 0.3) is 0 Å². The Kier molecular flexibility index (Phi) is 5.74. The second kappa shape index (κ2) is 7.13. The molecule has 0 bridgehead atoms. The highest BCUT2D eigenvalue weighted by Gasteiger charge is 2.42. The predicted molar refractivity (Wildman–Crippen MR) is 85.7 cm³/mol. The summed E-state index contributed by atoms with van der Waals surface area (Å²) in [6.45, 7) is 5.83. The van der Waals surface area contributed by atoms with Gasteiger partial charge in [-0.15, -0.1) is 0 Å². The zero-order chi connectivity index (χ0) is 14.6. The van der Waals surface area contributed by atoms with Crippen molar-refractivity contribution in [1.29, 1.82) is 0 Å². The van der Waals surface area contributed by atoms with Gasteiger partial charge in [0.05, 0.1) is 21.7 Å². The molecule has 0 aromatic heterocycles. The number of likely N-dealkylation sites (N-methyl/N-ethyl adjacent to an activating group) is 1. The summed E-state index contributed by atoms with van der Waals surface area (Å²) in [5.41, 5.74) is 1.05. The topological polar surface area (TPSA) is 21.3 Å². The number of ether oxygens (including phenoxy) is 1. The molecule has 0 aliphatic heterocycles. The van der Waals surface area contributed by atoms with E-state index in [0.29, 0.717) is 10.0 Å². The zero-order valence-electron chi connectivity index (χ0n) is 12.2. The first kappa shape index (κ1) is 16.1. The molecule has 1 aromatic rings. The van der Waals surface area contributed by atoms with E-state index in [-0.39, 0.29) is 11.6 Å². The fourth-order valence-electron chi connectivity index (χ4n) is 3.28. The second-order valence-corrected chi connectivity index (χ2v) is 6.18. The Morgan fingerprint density at radius 1 is 1.20 bits per heavy atom. The molecule has 1 N–H and O–H groups in total. The van der Waals surface area contributed by atoms with Gasteiger partial charge in [-0.05, 0) is 44.0 Å². The average molecular weight is 316 g/mol. The van der Waals surface area contributed by atoms with E-state index in [9.17, 15) is 0 Å². The van der Waals surface area contributed by atoms with E-state index in [1.807, 2.05) is 12.1 Å². The lowest BCUT2D eigenvalue weighted by Crippen LogP contribution is -2.44. The van der Waals surface area contributed by atoms with E-state index in [0.717, 1.165) is 31.6 Å². The van der Waals surface area contributed by atoms with Crippen molar-refractivity contribution in [2.24, 2.45) is 0 Å². The molecule has 1 saturated carbocycles. The molecule has 1 atom stereocenters. The lowest BCUT2D eigenvalue weighted by molar-refractivity contribution is -0.0623. The molecule has 2 rings (SSSR count). The summed E-state index contributed by atoms with van der Waals surface area (Å²) in [7, 11) is 0. The van der Waals surface area contributed by atoms with E-state index in [2.05, 4.69) is 25.2 Å². The van der Waals surface area contributed by atoms with Crippen LogP contribution in [0.5, 0.6) is 0 Å². The molecular weight excluding hydrogens is 293 g/mol. The van der Waals surface area contributed by atoms with Gasteiger partial charge in [-0.1, -0.05) is 49.0 Å². The molecule has 1 unspecified atom stereocenters. The maximum Gasteiger partial charge on any atom is 0.0876 e. The van der Waals surface area contributed by atoms with Crippen molar-refractivity contribution in [3.8, 4) is 0 Å². The number of nitrogens with one attached hydrogen (secondary N) is 1. The van der Waals surface area contributed by atoms with Gasteiger partial charge in [-0.25, -0.2) is 0 Å². The first-order valence-electron chi connectivity index (χ1n) is 7.45. The van der Waals surface area contributed by atoms with Crippen molar-refractivity contribution in [3.05, 3.63) is 33.8 Å². The van der Waals surface area contributed by atoms with Crippen LogP contribution in [0, 0.1) is 0 Å². The Labute approximate surface area is 131 Å². The minimum atomic E-state index is -0.109. The fourth-order valence-corrected chi connectivity index (χ4v) is 3.59. The molecule has 20 heavy (non-hydrogen) atoms. The van der Waals surface area contributed by atoms with Crippen LogP contribution in [0.2, 0.25) is 10.0 Å². The van der Waals surface area contributed by atoms with Crippen LogP contribution in [-0.2, 0) is 4.74 Å². The molecule has 1 aliphatic rings. The van der Waals surface area contributed by atoms with Gasteiger partial charge < -0.3 is 10.1 Å². The van der Waals surface area contributed by atoms with Crippen LogP contribution in [0.15, 0.2) is 18.2 Å². The molecule has 4 heteroatoms. The molecule has 1 aliphatic carbocycles. The third kappa shape index (κ3) is 3.30. The van der Waals surface area contributed by atoms with E-state index in [4.69, 9.17) is 27.9 Å². The molecule has 1 aromatic carbocycles.